The van der Waals surface area contributed by atoms with E-state index in [1.165, 1.54) is 5.56 Å². The lowest BCUT2D eigenvalue weighted by Gasteiger charge is -2.09. The number of methoxy groups -OCH3 is 1. The van der Waals surface area contributed by atoms with Gasteiger partial charge in [-0.1, -0.05) is 30.3 Å². The summed E-state index contributed by atoms with van der Waals surface area (Å²) in [7, 11) is 1.67. The van der Waals surface area contributed by atoms with Crippen LogP contribution in [0.25, 0.3) is 0 Å². The fourth-order valence-corrected chi connectivity index (χ4v) is 1.80. The lowest BCUT2D eigenvalue weighted by Crippen LogP contribution is -2.02. The zero-order valence-corrected chi connectivity index (χ0v) is 10.5. The second-order valence-electron chi connectivity index (χ2n) is 4.11. The first-order valence-electron chi connectivity index (χ1n) is 5.97. The fraction of sp³-hybridized carbons (Fsp3) is 0.200. The van der Waals surface area contributed by atoms with Gasteiger partial charge in [0.15, 0.2) is 0 Å². The SMILES string of the molecule is COc1cccc(NCc2cccc(CN)c2)c1. The largest absolute Gasteiger partial charge is 0.497 e. The first-order chi connectivity index (χ1) is 8.81. The number of hydrogen-bond donors (Lipinski definition) is 2. The zero-order chi connectivity index (χ0) is 12.8. The van der Waals surface area contributed by atoms with Crippen molar-refractivity contribution in [2.75, 3.05) is 12.4 Å². The summed E-state index contributed by atoms with van der Waals surface area (Å²) in [6.07, 6.45) is 0. The van der Waals surface area contributed by atoms with Crippen LogP contribution in [0.1, 0.15) is 11.1 Å². The van der Waals surface area contributed by atoms with Crippen molar-refractivity contribution in [3.63, 3.8) is 0 Å². The molecular formula is C15H18N2O. The summed E-state index contributed by atoms with van der Waals surface area (Å²) in [5.74, 6) is 0.857. The molecule has 0 aromatic heterocycles. The molecule has 0 atom stereocenters. The molecular weight excluding hydrogens is 224 g/mol. The number of hydrogen-bond acceptors (Lipinski definition) is 3. The van der Waals surface area contributed by atoms with Crippen molar-refractivity contribution in [3.05, 3.63) is 59.7 Å². The summed E-state index contributed by atoms with van der Waals surface area (Å²) in [6.45, 7) is 1.36. The van der Waals surface area contributed by atoms with Crippen LogP contribution in [0.15, 0.2) is 48.5 Å². The molecule has 2 rings (SSSR count). The van der Waals surface area contributed by atoms with Crippen LogP contribution in [0.4, 0.5) is 5.69 Å². The highest BCUT2D eigenvalue weighted by Crippen LogP contribution is 2.17. The number of anilines is 1. The standard InChI is InChI=1S/C15H18N2O/c1-18-15-7-3-6-14(9-15)17-11-13-5-2-4-12(8-13)10-16/h2-9,17H,10-11,16H2,1H3. The van der Waals surface area contributed by atoms with Crippen molar-refractivity contribution >= 4 is 5.69 Å². The van der Waals surface area contributed by atoms with Crippen LogP contribution in [0, 0.1) is 0 Å². The van der Waals surface area contributed by atoms with Gasteiger partial charge in [-0.05, 0) is 23.3 Å². The molecule has 0 heterocycles. The first kappa shape index (κ1) is 12.5. The summed E-state index contributed by atoms with van der Waals surface area (Å²) in [6, 6.07) is 16.2. The highest BCUT2D eigenvalue weighted by atomic mass is 16.5. The third-order valence-corrected chi connectivity index (χ3v) is 2.79. The van der Waals surface area contributed by atoms with E-state index in [0.717, 1.165) is 23.5 Å². The van der Waals surface area contributed by atoms with Crippen molar-refractivity contribution in [2.45, 2.75) is 13.1 Å². The fourth-order valence-electron chi connectivity index (χ4n) is 1.80. The Morgan fingerprint density at radius 3 is 2.61 bits per heavy atom. The van der Waals surface area contributed by atoms with Crippen LogP contribution in [-0.2, 0) is 13.1 Å². The average Bonchev–Trinajstić information content (AvgIpc) is 2.45. The molecule has 0 aliphatic heterocycles. The van der Waals surface area contributed by atoms with Gasteiger partial charge in [0, 0.05) is 24.8 Å². The summed E-state index contributed by atoms with van der Waals surface area (Å²) < 4.78 is 5.19. The summed E-state index contributed by atoms with van der Waals surface area (Å²) in [5.41, 5.74) is 9.05. The maximum absolute atomic E-state index is 5.63. The monoisotopic (exact) mass is 242 g/mol. The van der Waals surface area contributed by atoms with E-state index in [1.54, 1.807) is 7.11 Å². The van der Waals surface area contributed by atoms with Gasteiger partial charge in [0.2, 0.25) is 0 Å². The van der Waals surface area contributed by atoms with Crippen LogP contribution >= 0.6 is 0 Å². The van der Waals surface area contributed by atoms with E-state index in [-0.39, 0.29) is 0 Å². The highest BCUT2D eigenvalue weighted by molar-refractivity contribution is 5.48. The van der Waals surface area contributed by atoms with Crippen molar-refractivity contribution < 1.29 is 4.74 Å². The minimum atomic E-state index is 0.576. The van der Waals surface area contributed by atoms with E-state index in [0.29, 0.717) is 6.54 Å². The van der Waals surface area contributed by atoms with Crippen molar-refractivity contribution in [2.24, 2.45) is 5.73 Å². The Bertz CT molecular complexity index is 464. The van der Waals surface area contributed by atoms with Gasteiger partial charge in [-0.3, -0.25) is 0 Å². The first-order valence-corrected chi connectivity index (χ1v) is 5.97. The molecule has 18 heavy (non-hydrogen) atoms. The van der Waals surface area contributed by atoms with Gasteiger partial charge in [-0.25, -0.2) is 0 Å². The molecule has 2 aromatic rings. The maximum atomic E-state index is 5.63. The smallest absolute Gasteiger partial charge is 0.120 e. The quantitative estimate of drug-likeness (QED) is 0.847. The van der Waals surface area contributed by atoms with Gasteiger partial charge in [0.25, 0.3) is 0 Å². The molecule has 0 radical (unpaired) electrons. The zero-order valence-electron chi connectivity index (χ0n) is 10.5. The Morgan fingerprint density at radius 2 is 1.83 bits per heavy atom. The van der Waals surface area contributed by atoms with Crippen molar-refractivity contribution in [1.29, 1.82) is 0 Å². The summed E-state index contributed by atoms with van der Waals surface area (Å²) >= 11 is 0. The van der Waals surface area contributed by atoms with E-state index in [1.807, 2.05) is 36.4 Å². The molecule has 0 spiro atoms. The number of rotatable bonds is 5. The van der Waals surface area contributed by atoms with Crippen LogP contribution in [0.5, 0.6) is 5.75 Å². The second-order valence-corrected chi connectivity index (χ2v) is 4.11. The number of nitrogens with one attached hydrogen (secondary N) is 1. The predicted molar refractivity (Wildman–Crippen MR) is 74.7 cm³/mol. The lowest BCUT2D eigenvalue weighted by molar-refractivity contribution is 0.415. The highest BCUT2D eigenvalue weighted by Gasteiger charge is 1.97. The number of benzene rings is 2. The van der Waals surface area contributed by atoms with Gasteiger partial charge < -0.3 is 15.8 Å². The average molecular weight is 242 g/mol. The topological polar surface area (TPSA) is 47.3 Å². The third kappa shape index (κ3) is 3.25. The van der Waals surface area contributed by atoms with Gasteiger partial charge in [-0.2, -0.15) is 0 Å². The molecule has 94 valence electrons. The molecule has 3 nitrogen and oxygen atoms in total. The van der Waals surface area contributed by atoms with E-state index >= 15 is 0 Å². The molecule has 0 aliphatic carbocycles. The van der Waals surface area contributed by atoms with Crippen molar-refractivity contribution in [3.8, 4) is 5.75 Å². The number of nitrogens with two attached hydrogens (primary N) is 1. The Hall–Kier alpha value is -2.00. The van der Waals surface area contributed by atoms with Gasteiger partial charge in [-0.15, -0.1) is 0 Å². The summed E-state index contributed by atoms with van der Waals surface area (Å²) in [5, 5.41) is 3.37. The molecule has 0 unspecified atom stereocenters. The van der Waals surface area contributed by atoms with E-state index in [4.69, 9.17) is 10.5 Å². The Balaban J connectivity index is 2.01. The molecule has 0 bridgehead atoms. The molecule has 3 N–H and O–H groups in total. The molecule has 0 amide bonds. The van der Waals surface area contributed by atoms with Gasteiger partial charge in [0.1, 0.15) is 5.75 Å². The molecule has 3 heteroatoms. The lowest BCUT2D eigenvalue weighted by atomic mass is 10.1. The maximum Gasteiger partial charge on any atom is 0.120 e. The van der Waals surface area contributed by atoms with E-state index in [2.05, 4.69) is 17.4 Å². The summed E-state index contributed by atoms with van der Waals surface area (Å²) in [4.78, 5) is 0. The van der Waals surface area contributed by atoms with E-state index in [9.17, 15) is 0 Å². The minimum absolute atomic E-state index is 0.576. The van der Waals surface area contributed by atoms with Crippen molar-refractivity contribution in [1.82, 2.24) is 0 Å². The van der Waals surface area contributed by atoms with Gasteiger partial charge >= 0.3 is 0 Å². The van der Waals surface area contributed by atoms with Crippen LogP contribution in [0.3, 0.4) is 0 Å². The van der Waals surface area contributed by atoms with Crippen LogP contribution < -0.4 is 15.8 Å². The third-order valence-electron chi connectivity index (χ3n) is 2.79. The molecule has 2 aromatic carbocycles. The predicted octanol–water partition coefficient (Wildman–Crippen LogP) is 2.77. The normalized spacial score (nSPS) is 10.1. The molecule has 0 saturated heterocycles. The molecule has 0 fully saturated rings. The van der Waals surface area contributed by atoms with E-state index < -0.39 is 0 Å². The van der Waals surface area contributed by atoms with Gasteiger partial charge in [0.05, 0.1) is 7.11 Å². The Kier molecular flexibility index (Phi) is 4.20. The second kappa shape index (κ2) is 6.07. The Morgan fingerprint density at radius 1 is 1.06 bits per heavy atom. The molecule has 0 aliphatic rings. The molecule has 0 saturated carbocycles. The Labute approximate surface area is 108 Å². The number of ether oxygens (including phenoxy) is 1. The van der Waals surface area contributed by atoms with Crippen LogP contribution in [-0.4, -0.2) is 7.11 Å². The minimum Gasteiger partial charge on any atom is -0.497 e. The van der Waals surface area contributed by atoms with Crippen LogP contribution in [0.2, 0.25) is 0 Å².